The van der Waals surface area contributed by atoms with Crippen LogP contribution in [0.2, 0.25) is 10.2 Å². The van der Waals surface area contributed by atoms with E-state index in [4.69, 9.17) is 23.2 Å². The van der Waals surface area contributed by atoms with Gasteiger partial charge in [-0.05, 0) is 26.5 Å². The molecule has 0 amide bonds. The van der Waals surface area contributed by atoms with Gasteiger partial charge in [-0.15, -0.1) is 0 Å². The Morgan fingerprint density at radius 1 is 1.50 bits per heavy atom. The van der Waals surface area contributed by atoms with Gasteiger partial charge in [0.15, 0.2) is 0 Å². The number of aromatic nitrogens is 1. The summed E-state index contributed by atoms with van der Waals surface area (Å²) in [6.45, 7) is 3.30. The van der Waals surface area contributed by atoms with Crippen molar-refractivity contribution < 1.29 is 5.11 Å². The van der Waals surface area contributed by atoms with Crippen LogP contribution in [0.15, 0.2) is 12.3 Å². The Balaban J connectivity index is 2.52. The number of hydrogen-bond acceptors (Lipinski definition) is 3. The van der Waals surface area contributed by atoms with Crippen LogP contribution in [0.25, 0.3) is 0 Å². The molecule has 5 heteroatoms. The predicted molar refractivity (Wildman–Crippen MR) is 66.9 cm³/mol. The highest BCUT2D eigenvalue weighted by Crippen LogP contribution is 2.19. The number of nitrogens with zero attached hydrogens (tertiary/aromatic N) is 2. The zero-order valence-corrected chi connectivity index (χ0v) is 11.0. The third-order valence-electron chi connectivity index (χ3n) is 2.27. The van der Waals surface area contributed by atoms with E-state index in [0.717, 1.165) is 18.5 Å². The van der Waals surface area contributed by atoms with E-state index in [1.807, 2.05) is 7.05 Å². The molecular formula is C11H16Cl2N2O. The van der Waals surface area contributed by atoms with E-state index in [1.54, 1.807) is 19.2 Å². The van der Waals surface area contributed by atoms with Crippen LogP contribution in [0.3, 0.4) is 0 Å². The molecule has 1 unspecified atom stereocenters. The average Bonchev–Trinajstić information content (AvgIpc) is 2.19. The lowest BCUT2D eigenvalue weighted by Crippen LogP contribution is -2.22. The summed E-state index contributed by atoms with van der Waals surface area (Å²) in [7, 11) is 1.98. The fourth-order valence-electron chi connectivity index (χ4n) is 1.33. The van der Waals surface area contributed by atoms with Crippen LogP contribution in [0, 0.1) is 0 Å². The van der Waals surface area contributed by atoms with Gasteiger partial charge in [-0.25, -0.2) is 4.98 Å². The molecule has 0 radical (unpaired) electrons. The molecule has 0 aliphatic heterocycles. The van der Waals surface area contributed by atoms with Gasteiger partial charge in [-0.1, -0.05) is 23.2 Å². The zero-order chi connectivity index (χ0) is 12.1. The first-order valence-corrected chi connectivity index (χ1v) is 5.91. The number of aliphatic hydroxyl groups excluding tert-OH is 1. The fraction of sp³-hybridized carbons (Fsp3) is 0.545. The second-order valence-electron chi connectivity index (χ2n) is 3.97. The average molecular weight is 263 g/mol. The summed E-state index contributed by atoms with van der Waals surface area (Å²) in [6, 6.07) is 1.64. The molecule has 3 nitrogen and oxygen atoms in total. The lowest BCUT2D eigenvalue weighted by Gasteiger charge is -2.18. The predicted octanol–water partition coefficient (Wildman–Crippen LogP) is 2.59. The van der Waals surface area contributed by atoms with E-state index >= 15 is 0 Å². The second-order valence-corrected chi connectivity index (χ2v) is 4.77. The molecule has 0 aromatic carbocycles. The van der Waals surface area contributed by atoms with Crippen molar-refractivity contribution >= 4 is 23.2 Å². The van der Waals surface area contributed by atoms with Gasteiger partial charge in [0.1, 0.15) is 5.15 Å². The van der Waals surface area contributed by atoms with Crippen molar-refractivity contribution in [1.82, 2.24) is 9.88 Å². The third kappa shape index (κ3) is 4.66. The Hall–Kier alpha value is -0.350. The van der Waals surface area contributed by atoms with Crippen LogP contribution in [-0.2, 0) is 6.54 Å². The lowest BCUT2D eigenvalue weighted by molar-refractivity contribution is 0.163. The molecule has 0 bridgehead atoms. The van der Waals surface area contributed by atoms with E-state index in [2.05, 4.69) is 9.88 Å². The van der Waals surface area contributed by atoms with Crippen LogP contribution >= 0.6 is 23.2 Å². The van der Waals surface area contributed by atoms with Gasteiger partial charge in [0, 0.05) is 29.9 Å². The third-order valence-corrected chi connectivity index (χ3v) is 2.82. The number of hydrogen-bond donors (Lipinski definition) is 1. The molecule has 0 spiro atoms. The summed E-state index contributed by atoms with van der Waals surface area (Å²) in [5, 5.41) is 10.2. The SMILES string of the molecule is CC(O)CCN(C)Cc1cnc(Cl)cc1Cl. The molecule has 0 saturated carbocycles. The van der Waals surface area contributed by atoms with Gasteiger partial charge in [-0.3, -0.25) is 0 Å². The monoisotopic (exact) mass is 262 g/mol. The van der Waals surface area contributed by atoms with Crippen molar-refractivity contribution in [3.05, 3.63) is 28.0 Å². The quantitative estimate of drug-likeness (QED) is 0.829. The Kier molecular flexibility index (Phi) is 5.49. The van der Waals surface area contributed by atoms with E-state index in [-0.39, 0.29) is 6.10 Å². The van der Waals surface area contributed by atoms with E-state index in [9.17, 15) is 5.11 Å². The fourth-order valence-corrected chi connectivity index (χ4v) is 1.75. The van der Waals surface area contributed by atoms with E-state index < -0.39 is 0 Å². The van der Waals surface area contributed by atoms with Crippen molar-refractivity contribution in [2.75, 3.05) is 13.6 Å². The molecule has 0 aliphatic carbocycles. The maximum absolute atomic E-state index is 9.18. The van der Waals surface area contributed by atoms with Crippen LogP contribution in [0.5, 0.6) is 0 Å². The maximum Gasteiger partial charge on any atom is 0.130 e. The summed E-state index contributed by atoms with van der Waals surface area (Å²) < 4.78 is 0. The highest BCUT2D eigenvalue weighted by Gasteiger charge is 2.06. The van der Waals surface area contributed by atoms with E-state index in [0.29, 0.717) is 16.7 Å². The summed E-state index contributed by atoms with van der Waals surface area (Å²) in [6.07, 6.45) is 2.15. The van der Waals surface area contributed by atoms with Gasteiger partial charge in [0.2, 0.25) is 0 Å². The molecular weight excluding hydrogens is 247 g/mol. The first kappa shape index (κ1) is 13.7. The molecule has 1 aromatic rings. The van der Waals surface area contributed by atoms with Crippen LogP contribution in [0.1, 0.15) is 18.9 Å². The second kappa shape index (κ2) is 6.40. The van der Waals surface area contributed by atoms with Crippen molar-refractivity contribution in [2.24, 2.45) is 0 Å². The van der Waals surface area contributed by atoms with Crippen LogP contribution in [0.4, 0.5) is 0 Å². The van der Waals surface area contributed by atoms with Gasteiger partial charge < -0.3 is 10.0 Å². The first-order chi connectivity index (χ1) is 7.49. The molecule has 1 N–H and O–H groups in total. The summed E-state index contributed by atoms with van der Waals surface area (Å²) >= 11 is 11.7. The zero-order valence-electron chi connectivity index (χ0n) is 9.45. The minimum Gasteiger partial charge on any atom is -0.393 e. The molecule has 1 atom stereocenters. The van der Waals surface area contributed by atoms with Gasteiger partial charge in [0.05, 0.1) is 6.10 Å². The van der Waals surface area contributed by atoms with Crippen molar-refractivity contribution in [3.63, 3.8) is 0 Å². The highest BCUT2D eigenvalue weighted by molar-refractivity contribution is 6.34. The Morgan fingerprint density at radius 3 is 2.75 bits per heavy atom. The number of pyridine rings is 1. The maximum atomic E-state index is 9.18. The van der Waals surface area contributed by atoms with Gasteiger partial charge >= 0.3 is 0 Å². The minimum atomic E-state index is -0.277. The van der Waals surface area contributed by atoms with Gasteiger partial charge in [-0.2, -0.15) is 0 Å². The standard InChI is InChI=1S/C11H16Cl2N2O/c1-8(16)3-4-15(2)7-9-6-14-11(13)5-10(9)12/h5-6,8,16H,3-4,7H2,1-2H3. The van der Waals surface area contributed by atoms with Crippen LogP contribution < -0.4 is 0 Å². The summed E-state index contributed by atoms with van der Waals surface area (Å²) in [5.74, 6) is 0. The molecule has 1 heterocycles. The molecule has 90 valence electrons. The lowest BCUT2D eigenvalue weighted by atomic mass is 10.2. The topological polar surface area (TPSA) is 36.4 Å². The first-order valence-electron chi connectivity index (χ1n) is 5.15. The van der Waals surface area contributed by atoms with Crippen molar-refractivity contribution in [2.45, 2.75) is 26.0 Å². The number of rotatable bonds is 5. The molecule has 1 rings (SSSR count). The summed E-state index contributed by atoms with van der Waals surface area (Å²) in [5.41, 5.74) is 0.944. The van der Waals surface area contributed by atoms with Crippen LogP contribution in [-0.4, -0.2) is 34.7 Å². The Labute approximate surface area is 106 Å². The molecule has 1 aromatic heterocycles. The molecule has 0 fully saturated rings. The van der Waals surface area contributed by atoms with Crippen molar-refractivity contribution in [3.8, 4) is 0 Å². The largest absolute Gasteiger partial charge is 0.393 e. The number of aliphatic hydroxyl groups is 1. The smallest absolute Gasteiger partial charge is 0.130 e. The molecule has 0 aliphatic rings. The summed E-state index contributed by atoms with van der Waals surface area (Å²) in [4.78, 5) is 6.08. The Morgan fingerprint density at radius 2 is 2.19 bits per heavy atom. The normalized spacial score (nSPS) is 13.1. The highest BCUT2D eigenvalue weighted by atomic mass is 35.5. The minimum absolute atomic E-state index is 0.277. The van der Waals surface area contributed by atoms with Gasteiger partial charge in [0.25, 0.3) is 0 Å². The van der Waals surface area contributed by atoms with E-state index in [1.165, 1.54) is 0 Å². The molecule has 16 heavy (non-hydrogen) atoms. The number of halogens is 2. The molecule has 0 saturated heterocycles. The van der Waals surface area contributed by atoms with Crippen molar-refractivity contribution in [1.29, 1.82) is 0 Å². The Bertz CT molecular complexity index is 345.